The van der Waals surface area contributed by atoms with Crippen LogP contribution in [0, 0.1) is 51.8 Å². The van der Waals surface area contributed by atoms with Crippen LogP contribution in [0.2, 0.25) is 0 Å². The first-order valence-electron chi connectivity index (χ1n) is 15.3. The van der Waals surface area contributed by atoms with Crippen molar-refractivity contribution in [3.63, 3.8) is 0 Å². The molecule has 4 rings (SSSR count). The van der Waals surface area contributed by atoms with Crippen molar-refractivity contribution < 1.29 is 4.74 Å². The lowest BCUT2D eigenvalue weighted by Crippen LogP contribution is -2.55. The van der Waals surface area contributed by atoms with E-state index < -0.39 is 0 Å². The molecule has 0 saturated heterocycles. The maximum atomic E-state index is 6.38. The maximum absolute atomic E-state index is 6.38. The Morgan fingerprint density at radius 2 is 1.53 bits per heavy atom. The van der Waals surface area contributed by atoms with Gasteiger partial charge in [0.25, 0.3) is 0 Å². The Balaban J connectivity index is 1.46. The van der Waals surface area contributed by atoms with Gasteiger partial charge < -0.3 is 4.74 Å². The molecule has 0 aromatic carbocycles. The molecular weight excluding hydrogens is 412 g/mol. The summed E-state index contributed by atoms with van der Waals surface area (Å²) < 4.78 is 6.38. The van der Waals surface area contributed by atoms with Gasteiger partial charge in [0.1, 0.15) is 0 Å². The van der Waals surface area contributed by atoms with E-state index in [0.29, 0.717) is 22.3 Å². The second-order valence-electron chi connectivity index (χ2n) is 14.8. The lowest BCUT2D eigenvalue weighted by atomic mass is 9.42. The van der Waals surface area contributed by atoms with Crippen molar-refractivity contribution in [2.45, 2.75) is 139 Å². The van der Waals surface area contributed by atoms with E-state index in [1.165, 1.54) is 77.0 Å². The first-order chi connectivity index (χ1) is 16.0. The van der Waals surface area contributed by atoms with Gasteiger partial charge in [-0.25, -0.2) is 0 Å². The van der Waals surface area contributed by atoms with Crippen molar-refractivity contribution in [3.05, 3.63) is 11.6 Å². The highest BCUT2D eigenvalue weighted by molar-refractivity contribution is 5.27. The van der Waals surface area contributed by atoms with Gasteiger partial charge in [0.2, 0.25) is 0 Å². The zero-order valence-electron chi connectivity index (χ0n) is 24.2. The average Bonchev–Trinajstić information content (AvgIpc) is 3.04. The van der Waals surface area contributed by atoms with Gasteiger partial charge in [-0.15, -0.1) is 0 Å². The SMILES string of the molecule is CC(C)CCC[C@@H](C)[C@H]1CC[C@@]2(C)[C@@H]3CC=C4C[C@@H](OCCC(C)C)CC[C@]4(C)[C@H]3CC[C@]12C. The Kier molecular flexibility index (Phi) is 8.04. The smallest absolute Gasteiger partial charge is 0.0612 e. The van der Waals surface area contributed by atoms with Crippen LogP contribution in [0.3, 0.4) is 0 Å². The topological polar surface area (TPSA) is 9.23 Å². The summed E-state index contributed by atoms with van der Waals surface area (Å²) in [5, 5.41) is 0. The zero-order valence-corrected chi connectivity index (χ0v) is 24.2. The highest BCUT2D eigenvalue weighted by Gasteiger charge is 2.64. The fourth-order valence-electron chi connectivity index (χ4n) is 9.64. The third kappa shape index (κ3) is 4.70. The molecule has 4 aliphatic rings. The quantitative estimate of drug-likeness (QED) is 0.305. The fourth-order valence-corrected chi connectivity index (χ4v) is 9.64. The van der Waals surface area contributed by atoms with Crippen molar-refractivity contribution in [1.29, 1.82) is 0 Å². The number of hydrogen-bond donors (Lipinski definition) is 0. The van der Waals surface area contributed by atoms with Gasteiger partial charge in [0, 0.05) is 6.61 Å². The van der Waals surface area contributed by atoms with E-state index in [1.807, 2.05) is 0 Å². The van der Waals surface area contributed by atoms with Crippen LogP contribution in [0.5, 0.6) is 0 Å². The van der Waals surface area contributed by atoms with E-state index in [-0.39, 0.29) is 0 Å². The van der Waals surface area contributed by atoms with Gasteiger partial charge in [0.15, 0.2) is 0 Å². The third-order valence-electron chi connectivity index (χ3n) is 12.2. The maximum Gasteiger partial charge on any atom is 0.0612 e. The molecule has 0 aromatic heterocycles. The van der Waals surface area contributed by atoms with Crippen LogP contribution in [-0.2, 0) is 4.74 Å². The summed E-state index contributed by atoms with van der Waals surface area (Å²) in [6.07, 6.45) is 19.8. The molecule has 1 heteroatoms. The van der Waals surface area contributed by atoms with Crippen LogP contribution in [0.15, 0.2) is 11.6 Å². The minimum Gasteiger partial charge on any atom is -0.378 e. The summed E-state index contributed by atoms with van der Waals surface area (Å²) in [4.78, 5) is 0. The minimum atomic E-state index is 0.437. The fraction of sp³-hybridized carbons (Fsp3) is 0.939. The van der Waals surface area contributed by atoms with E-state index in [1.54, 1.807) is 5.57 Å². The Labute approximate surface area is 213 Å². The number of fused-ring (bicyclic) bond motifs is 5. The molecule has 1 nitrogen and oxygen atoms in total. The number of rotatable bonds is 9. The van der Waals surface area contributed by atoms with Gasteiger partial charge in [-0.3, -0.25) is 0 Å². The molecule has 4 aliphatic carbocycles. The van der Waals surface area contributed by atoms with Crippen LogP contribution < -0.4 is 0 Å². The van der Waals surface area contributed by atoms with Crippen LogP contribution in [-0.4, -0.2) is 12.7 Å². The predicted molar refractivity (Wildman–Crippen MR) is 147 cm³/mol. The Bertz CT molecular complexity index is 720. The predicted octanol–water partition coefficient (Wildman–Crippen LogP) is 9.85. The molecular formula is C33H58O. The molecule has 3 saturated carbocycles. The van der Waals surface area contributed by atoms with Gasteiger partial charge >= 0.3 is 0 Å². The average molecular weight is 471 g/mol. The van der Waals surface area contributed by atoms with Crippen LogP contribution in [0.25, 0.3) is 0 Å². The second-order valence-corrected chi connectivity index (χ2v) is 14.8. The van der Waals surface area contributed by atoms with Gasteiger partial charge in [-0.05, 0) is 110 Å². The molecule has 34 heavy (non-hydrogen) atoms. The molecule has 0 heterocycles. The van der Waals surface area contributed by atoms with Gasteiger partial charge in [-0.1, -0.05) is 86.3 Å². The van der Waals surface area contributed by atoms with Crippen LogP contribution >= 0.6 is 0 Å². The lowest BCUT2D eigenvalue weighted by Gasteiger charge is -2.63. The minimum absolute atomic E-state index is 0.437. The molecule has 0 spiro atoms. The van der Waals surface area contributed by atoms with Crippen LogP contribution in [0.1, 0.15) is 132 Å². The molecule has 0 amide bonds. The molecule has 196 valence electrons. The van der Waals surface area contributed by atoms with Crippen molar-refractivity contribution in [2.75, 3.05) is 6.61 Å². The molecule has 0 radical (unpaired) electrons. The molecule has 8 atom stereocenters. The summed E-state index contributed by atoms with van der Waals surface area (Å²) in [6, 6.07) is 0. The van der Waals surface area contributed by atoms with Crippen molar-refractivity contribution in [2.24, 2.45) is 51.8 Å². The molecule has 0 unspecified atom stereocenters. The lowest BCUT2D eigenvalue weighted by molar-refractivity contribution is -0.116. The number of ether oxygens (including phenoxy) is 1. The van der Waals surface area contributed by atoms with E-state index in [9.17, 15) is 0 Å². The standard InChI is InChI=1S/C33H58O/c1-23(2)10-9-11-25(5)28-15-19-33(8)30-13-12-26-22-27(34-21-17-24(3)4)14-18-31(26,6)29(30)16-20-32(28,33)7/h12,23-25,27-30H,9-11,13-22H2,1-8H3/t25-,27+,28-,29+,30-,31+,32-,33+/m1/s1. The summed E-state index contributed by atoms with van der Waals surface area (Å²) >= 11 is 0. The molecule has 0 bridgehead atoms. The molecule has 0 N–H and O–H groups in total. The molecule has 0 aromatic rings. The second kappa shape index (κ2) is 10.2. The first-order valence-corrected chi connectivity index (χ1v) is 15.3. The highest BCUT2D eigenvalue weighted by Crippen LogP contribution is 2.72. The summed E-state index contributed by atoms with van der Waals surface area (Å²) in [5.41, 5.74) is 3.29. The number of hydrogen-bond acceptors (Lipinski definition) is 1. The summed E-state index contributed by atoms with van der Waals surface area (Å²) in [5.74, 6) is 5.23. The Morgan fingerprint density at radius 3 is 2.24 bits per heavy atom. The van der Waals surface area contributed by atoms with E-state index in [0.717, 1.165) is 42.1 Å². The van der Waals surface area contributed by atoms with Crippen molar-refractivity contribution in [1.82, 2.24) is 0 Å². The van der Waals surface area contributed by atoms with E-state index in [2.05, 4.69) is 61.5 Å². The van der Waals surface area contributed by atoms with Gasteiger partial charge in [0.05, 0.1) is 6.10 Å². The molecule has 3 fully saturated rings. The Morgan fingerprint density at radius 1 is 0.824 bits per heavy atom. The normalized spacial score (nSPS) is 42.8. The van der Waals surface area contributed by atoms with E-state index in [4.69, 9.17) is 4.74 Å². The van der Waals surface area contributed by atoms with Crippen LogP contribution in [0.4, 0.5) is 0 Å². The number of allylic oxidation sites excluding steroid dienone is 1. The van der Waals surface area contributed by atoms with Crippen molar-refractivity contribution in [3.8, 4) is 0 Å². The molecule has 0 aliphatic heterocycles. The monoisotopic (exact) mass is 470 g/mol. The summed E-state index contributed by atoms with van der Waals surface area (Å²) in [7, 11) is 0. The largest absolute Gasteiger partial charge is 0.378 e. The van der Waals surface area contributed by atoms with Crippen molar-refractivity contribution >= 4 is 0 Å². The third-order valence-corrected chi connectivity index (χ3v) is 12.2. The summed E-state index contributed by atoms with van der Waals surface area (Å²) in [6.45, 7) is 21.1. The highest BCUT2D eigenvalue weighted by atomic mass is 16.5. The Hall–Kier alpha value is -0.300. The first kappa shape index (κ1) is 26.8. The van der Waals surface area contributed by atoms with Gasteiger partial charge in [-0.2, -0.15) is 0 Å². The van der Waals surface area contributed by atoms with E-state index >= 15 is 0 Å². The zero-order chi connectivity index (χ0) is 24.7.